The van der Waals surface area contributed by atoms with Crippen molar-refractivity contribution in [3.63, 3.8) is 0 Å². The fourth-order valence-electron chi connectivity index (χ4n) is 2.85. The summed E-state index contributed by atoms with van der Waals surface area (Å²) in [7, 11) is -4.39. The number of nitro benzene ring substituents is 1. The second-order valence-electron chi connectivity index (χ2n) is 6.37. The molecule has 28 heavy (non-hydrogen) atoms. The molecule has 0 saturated heterocycles. The molecule has 0 amide bonds. The Labute approximate surface area is 163 Å². The molecule has 1 unspecified atom stereocenters. The van der Waals surface area contributed by atoms with Gasteiger partial charge >= 0.3 is 0 Å². The van der Waals surface area contributed by atoms with Gasteiger partial charge in [0.05, 0.1) is 36.4 Å². The van der Waals surface area contributed by atoms with E-state index in [1.807, 2.05) is 13.8 Å². The van der Waals surface area contributed by atoms with Crippen molar-refractivity contribution in [2.75, 3.05) is 19.8 Å². The lowest BCUT2D eigenvalue weighted by molar-refractivity contribution is -0.387. The van der Waals surface area contributed by atoms with E-state index in [0.29, 0.717) is 11.3 Å². The van der Waals surface area contributed by atoms with Crippen LogP contribution in [0.5, 0.6) is 0 Å². The van der Waals surface area contributed by atoms with E-state index in [4.69, 9.17) is 4.84 Å². The highest BCUT2D eigenvalue weighted by Crippen LogP contribution is 2.32. The lowest BCUT2D eigenvalue weighted by Crippen LogP contribution is -2.46. The molecule has 1 aliphatic heterocycles. The predicted molar refractivity (Wildman–Crippen MR) is 104 cm³/mol. The molecular formula is C18H23N3O6S. The highest BCUT2D eigenvalue weighted by atomic mass is 32.2. The van der Waals surface area contributed by atoms with Crippen molar-refractivity contribution in [1.82, 2.24) is 4.47 Å². The minimum Gasteiger partial charge on any atom is -0.390 e. The zero-order chi connectivity index (χ0) is 20.9. The second kappa shape index (κ2) is 9.20. The van der Waals surface area contributed by atoms with Gasteiger partial charge in [0.15, 0.2) is 4.90 Å². The van der Waals surface area contributed by atoms with Crippen LogP contribution in [0.15, 0.2) is 58.5 Å². The van der Waals surface area contributed by atoms with Gasteiger partial charge in [0.2, 0.25) is 0 Å². The molecular weight excluding hydrogens is 386 g/mol. The molecule has 1 heterocycles. The number of dihydropyridines is 1. The van der Waals surface area contributed by atoms with E-state index in [2.05, 4.69) is 11.6 Å². The average Bonchev–Trinajstić information content (AvgIpc) is 2.68. The summed E-state index contributed by atoms with van der Waals surface area (Å²) in [5.74, 6) is -0.0714. The molecule has 2 rings (SSSR count). The summed E-state index contributed by atoms with van der Waals surface area (Å²) in [4.78, 5) is 19.8. The summed E-state index contributed by atoms with van der Waals surface area (Å²) in [6.07, 6.45) is 3.02. The largest absolute Gasteiger partial charge is 0.390 e. The molecule has 1 atom stereocenters. The Morgan fingerprint density at radius 1 is 1.46 bits per heavy atom. The Morgan fingerprint density at radius 3 is 2.71 bits per heavy atom. The van der Waals surface area contributed by atoms with Crippen LogP contribution in [0.3, 0.4) is 0 Å². The third-order valence-electron chi connectivity index (χ3n) is 4.16. The maximum atomic E-state index is 13.3. The number of rotatable bonds is 9. The Morgan fingerprint density at radius 2 is 2.14 bits per heavy atom. The van der Waals surface area contributed by atoms with Crippen LogP contribution < -0.4 is 0 Å². The van der Waals surface area contributed by atoms with Crippen molar-refractivity contribution in [2.45, 2.75) is 24.8 Å². The number of aliphatic hydroxyl groups excluding tert-OH is 1. The number of hydroxylamine groups is 1. The Hall–Kier alpha value is -2.40. The minimum atomic E-state index is -4.39. The number of benzene rings is 1. The van der Waals surface area contributed by atoms with Crippen molar-refractivity contribution in [2.24, 2.45) is 10.9 Å². The van der Waals surface area contributed by atoms with Crippen LogP contribution in [0.2, 0.25) is 0 Å². The minimum absolute atomic E-state index is 0.0247. The van der Waals surface area contributed by atoms with Crippen LogP contribution in [0.4, 0.5) is 5.69 Å². The quantitative estimate of drug-likeness (QED) is 0.379. The molecule has 10 heteroatoms. The highest BCUT2D eigenvalue weighted by Gasteiger charge is 2.40. The third-order valence-corrected chi connectivity index (χ3v) is 5.90. The van der Waals surface area contributed by atoms with Crippen LogP contribution >= 0.6 is 0 Å². The molecule has 9 nitrogen and oxygen atoms in total. The SMILES string of the molecule is C=CCON(C1CN=C(CO)C=C1C(C)C)S(=O)(=O)c1ccccc1[N+](=O)[O-]. The van der Waals surface area contributed by atoms with E-state index in [-0.39, 0.29) is 25.7 Å². The number of nitrogens with zero attached hydrogens (tertiary/aromatic N) is 3. The van der Waals surface area contributed by atoms with Gasteiger partial charge in [-0.15, -0.1) is 6.58 Å². The normalized spacial score (nSPS) is 17.4. The zero-order valence-electron chi connectivity index (χ0n) is 15.7. The Bertz CT molecular complexity index is 908. The summed E-state index contributed by atoms with van der Waals surface area (Å²) in [6, 6.07) is 4.29. The number of hydrogen-bond donors (Lipinski definition) is 1. The Balaban J connectivity index is 2.58. The maximum Gasteiger partial charge on any atom is 0.289 e. The fourth-order valence-corrected chi connectivity index (χ4v) is 4.43. The summed E-state index contributed by atoms with van der Waals surface area (Å²) in [5, 5.41) is 20.7. The van der Waals surface area contributed by atoms with Gasteiger partial charge in [-0.3, -0.25) is 19.9 Å². The van der Waals surface area contributed by atoms with Crippen molar-refractivity contribution in [3.8, 4) is 0 Å². The predicted octanol–water partition coefficient (Wildman–Crippen LogP) is 2.10. The van der Waals surface area contributed by atoms with Gasteiger partial charge in [-0.1, -0.05) is 36.5 Å². The fraction of sp³-hybridized carbons (Fsp3) is 0.389. The first-order valence-electron chi connectivity index (χ1n) is 8.61. The summed E-state index contributed by atoms with van der Waals surface area (Å²) in [6.45, 7) is 6.92. The molecule has 1 aromatic rings. The van der Waals surface area contributed by atoms with Crippen LogP contribution in [0.25, 0.3) is 0 Å². The molecule has 0 spiro atoms. The van der Waals surface area contributed by atoms with E-state index >= 15 is 0 Å². The van der Waals surface area contributed by atoms with Crippen LogP contribution in [0, 0.1) is 16.0 Å². The summed E-state index contributed by atoms with van der Waals surface area (Å²) < 4.78 is 27.4. The van der Waals surface area contributed by atoms with Gasteiger partial charge in [-0.25, -0.2) is 8.42 Å². The molecule has 0 bridgehead atoms. The van der Waals surface area contributed by atoms with E-state index in [9.17, 15) is 23.6 Å². The standard InChI is InChI=1S/C18H23N3O6S/c1-4-9-27-21(17-11-19-14(12-22)10-15(17)13(2)3)28(25,26)18-8-6-5-7-16(18)20(23)24/h4-8,10,13,17,22H,1,9,11-12H2,2-3H3. The number of nitro groups is 1. The molecule has 152 valence electrons. The number of aliphatic imine (C=N–C) groups is 1. The van der Waals surface area contributed by atoms with E-state index in [1.54, 1.807) is 6.08 Å². The molecule has 1 N–H and O–H groups in total. The lowest BCUT2D eigenvalue weighted by atomic mass is 9.93. The van der Waals surface area contributed by atoms with E-state index < -0.39 is 31.6 Å². The maximum absolute atomic E-state index is 13.3. The van der Waals surface area contributed by atoms with Crippen LogP contribution in [-0.4, -0.2) is 54.4 Å². The van der Waals surface area contributed by atoms with Gasteiger partial charge in [-0.05, 0) is 23.6 Å². The number of sulfonamides is 1. The number of hydrogen-bond acceptors (Lipinski definition) is 7. The third kappa shape index (κ3) is 4.53. The summed E-state index contributed by atoms with van der Waals surface area (Å²) >= 11 is 0. The van der Waals surface area contributed by atoms with Gasteiger partial charge in [0.25, 0.3) is 15.7 Å². The first kappa shape index (κ1) is 21.9. The van der Waals surface area contributed by atoms with Crippen molar-refractivity contribution < 1.29 is 23.3 Å². The van der Waals surface area contributed by atoms with Crippen LogP contribution in [-0.2, 0) is 14.9 Å². The number of para-hydroxylation sites is 1. The van der Waals surface area contributed by atoms with Crippen molar-refractivity contribution in [1.29, 1.82) is 0 Å². The summed E-state index contributed by atoms with van der Waals surface area (Å²) in [5.41, 5.74) is 0.581. The van der Waals surface area contributed by atoms with Crippen molar-refractivity contribution in [3.05, 3.63) is 58.7 Å². The lowest BCUT2D eigenvalue weighted by Gasteiger charge is -2.33. The zero-order valence-corrected chi connectivity index (χ0v) is 16.5. The topological polar surface area (TPSA) is 122 Å². The van der Waals surface area contributed by atoms with Crippen LogP contribution in [0.1, 0.15) is 13.8 Å². The Kier molecular flexibility index (Phi) is 7.19. The molecule has 0 aromatic heterocycles. The van der Waals surface area contributed by atoms with Gasteiger partial charge < -0.3 is 5.11 Å². The molecule has 0 radical (unpaired) electrons. The average molecular weight is 409 g/mol. The highest BCUT2D eigenvalue weighted by molar-refractivity contribution is 7.89. The monoisotopic (exact) mass is 409 g/mol. The molecule has 0 aliphatic carbocycles. The number of aliphatic hydroxyl groups is 1. The first-order valence-corrected chi connectivity index (χ1v) is 10.0. The second-order valence-corrected chi connectivity index (χ2v) is 8.12. The molecule has 0 fully saturated rings. The first-order chi connectivity index (χ1) is 13.2. The smallest absolute Gasteiger partial charge is 0.289 e. The van der Waals surface area contributed by atoms with E-state index in [1.165, 1.54) is 24.3 Å². The van der Waals surface area contributed by atoms with E-state index in [0.717, 1.165) is 10.5 Å². The molecule has 0 saturated carbocycles. The van der Waals surface area contributed by atoms with Gasteiger partial charge in [-0.2, -0.15) is 0 Å². The van der Waals surface area contributed by atoms with Gasteiger partial charge in [0.1, 0.15) is 0 Å². The molecule has 1 aliphatic rings. The molecule has 1 aromatic carbocycles. The van der Waals surface area contributed by atoms with Gasteiger partial charge in [0, 0.05) is 6.07 Å². The van der Waals surface area contributed by atoms with Crippen molar-refractivity contribution >= 4 is 21.4 Å².